The predicted molar refractivity (Wildman–Crippen MR) is 83.6 cm³/mol. The molecule has 1 aliphatic heterocycles. The molecule has 2 aliphatic rings. The van der Waals surface area contributed by atoms with Crippen molar-refractivity contribution in [2.75, 3.05) is 25.1 Å². The first-order valence-electron chi connectivity index (χ1n) is 7.61. The number of fused-ring (bicyclic) bond motifs is 1. The predicted octanol–water partition coefficient (Wildman–Crippen LogP) is 3.21. The Bertz CT molecular complexity index is 464. The average Bonchev–Trinajstić information content (AvgIpc) is 2.49. The van der Waals surface area contributed by atoms with Crippen molar-refractivity contribution >= 4 is 17.3 Å². The molecule has 2 unspecified atom stereocenters. The number of halogens is 1. The second kappa shape index (κ2) is 6.33. The Hall–Kier alpha value is -0.770. The van der Waals surface area contributed by atoms with Crippen LogP contribution < -0.4 is 10.2 Å². The molecular formula is C16H23ClN2O. The lowest BCUT2D eigenvalue weighted by Crippen LogP contribution is -2.53. The molecule has 0 spiro atoms. The maximum absolute atomic E-state index is 6.40. The van der Waals surface area contributed by atoms with Crippen molar-refractivity contribution < 1.29 is 4.74 Å². The summed E-state index contributed by atoms with van der Waals surface area (Å²) in [4.78, 5) is 2.53. The molecule has 1 heterocycles. The fraction of sp³-hybridized carbons (Fsp3) is 0.625. The highest BCUT2D eigenvalue weighted by Crippen LogP contribution is 2.35. The number of hydrogen-bond acceptors (Lipinski definition) is 3. The van der Waals surface area contributed by atoms with E-state index in [1.165, 1.54) is 36.9 Å². The Morgan fingerprint density at radius 3 is 3.05 bits per heavy atom. The maximum Gasteiger partial charge on any atom is 0.0779 e. The third-order valence-corrected chi connectivity index (χ3v) is 4.84. The number of rotatable bonds is 3. The molecule has 0 aromatic heterocycles. The van der Waals surface area contributed by atoms with Gasteiger partial charge < -0.3 is 15.0 Å². The molecule has 1 aromatic carbocycles. The third-order valence-electron chi connectivity index (χ3n) is 4.49. The first-order chi connectivity index (χ1) is 9.81. The average molecular weight is 295 g/mol. The van der Waals surface area contributed by atoms with Crippen molar-refractivity contribution in [2.45, 2.75) is 44.4 Å². The summed E-state index contributed by atoms with van der Waals surface area (Å²) in [6.07, 6.45) is 5.44. The number of nitrogens with one attached hydrogen (secondary N) is 1. The van der Waals surface area contributed by atoms with E-state index < -0.39 is 0 Å². The van der Waals surface area contributed by atoms with Gasteiger partial charge in [-0.3, -0.25) is 0 Å². The van der Waals surface area contributed by atoms with Crippen molar-refractivity contribution in [3.05, 3.63) is 28.8 Å². The fourth-order valence-corrected chi connectivity index (χ4v) is 3.80. The van der Waals surface area contributed by atoms with Gasteiger partial charge in [0.2, 0.25) is 0 Å². The van der Waals surface area contributed by atoms with E-state index in [1.807, 2.05) is 13.1 Å². The van der Waals surface area contributed by atoms with Gasteiger partial charge in [-0.05, 0) is 32.0 Å². The van der Waals surface area contributed by atoms with Crippen molar-refractivity contribution in [3.8, 4) is 0 Å². The zero-order chi connectivity index (χ0) is 13.9. The van der Waals surface area contributed by atoms with Gasteiger partial charge in [-0.1, -0.05) is 30.5 Å². The number of ether oxygens (including phenoxy) is 1. The normalized spacial score (nSPS) is 26.4. The van der Waals surface area contributed by atoms with Crippen LogP contribution in [0.25, 0.3) is 0 Å². The van der Waals surface area contributed by atoms with Crippen LogP contribution in [-0.2, 0) is 11.3 Å². The summed E-state index contributed by atoms with van der Waals surface area (Å²) in [6.45, 7) is 2.61. The van der Waals surface area contributed by atoms with Gasteiger partial charge in [0, 0.05) is 29.4 Å². The van der Waals surface area contributed by atoms with Crippen LogP contribution in [0.15, 0.2) is 18.2 Å². The Labute approximate surface area is 126 Å². The van der Waals surface area contributed by atoms with E-state index in [0.717, 1.165) is 24.7 Å². The maximum atomic E-state index is 6.40. The summed E-state index contributed by atoms with van der Waals surface area (Å²) in [5.41, 5.74) is 2.50. The number of anilines is 1. The molecule has 2 atom stereocenters. The van der Waals surface area contributed by atoms with E-state index in [0.29, 0.717) is 12.1 Å². The summed E-state index contributed by atoms with van der Waals surface area (Å²) in [7, 11) is 1.97. The molecule has 0 radical (unpaired) electrons. The minimum atomic E-state index is 0.402. The third kappa shape index (κ3) is 2.67. The zero-order valence-electron chi connectivity index (χ0n) is 12.1. The molecule has 1 aliphatic carbocycles. The molecule has 3 nitrogen and oxygen atoms in total. The highest BCUT2D eigenvalue weighted by Gasteiger charge is 2.35. The number of hydrogen-bond donors (Lipinski definition) is 1. The first-order valence-corrected chi connectivity index (χ1v) is 7.99. The lowest BCUT2D eigenvalue weighted by atomic mass is 9.89. The molecule has 4 heteroatoms. The highest BCUT2D eigenvalue weighted by atomic mass is 35.5. The monoisotopic (exact) mass is 294 g/mol. The molecule has 1 aromatic rings. The summed E-state index contributed by atoms with van der Waals surface area (Å²) >= 11 is 6.40. The van der Waals surface area contributed by atoms with Gasteiger partial charge in [0.05, 0.1) is 18.8 Å². The summed E-state index contributed by atoms with van der Waals surface area (Å²) < 4.78 is 5.97. The Balaban J connectivity index is 1.92. The minimum absolute atomic E-state index is 0.402. The Morgan fingerprint density at radius 1 is 1.35 bits per heavy atom. The lowest BCUT2D eigenvalue weighted by Gasteiger charge is -2.45. The van der Waals surface area contributed by atoms with Crippen molar-refractivity contribution in [1.82, 2.24) is 5.32 Å². The molecule has 3 rings (SSSR count). The Morgan fingerprint density at radius 2 is 2.20 bits per heavy atom. The topological polar surface area (TPSA) is 24.5 Å². The van der Waals surface area contributed by atoms with Gasteiger partial charge in [-0.2, -0.15) is 0 Å². The standard InChI is InChI=1S/C16H23ClN2O/c1-18-11-12-13(17)5-4-7-14(12)19-9-10-20-16-8-3-2-6-15(16)19/h4-5,7,15-16,18H,2-3,6,8-11H2,1H3. The van der Waals surface area contributed by atoms with Crippen LogP contribution in [0, 0.1) is 0 Å². The van der Waals surface area contributed by atoms with Gasteiger partial charge in [-0.25, -0.2) is 0 Å². The smallest absolute Gasteiger partial charge is 0.0779 e. The van der Waals surface area contributed by atoms with E-state index in [4.69, 9.17) is 16.3 Å². The molecule has 2 fully saturated rings. The summed E-state index contributed by atoms with van der Waals surface area (Å²) in [5, 5.41) is 4.09. The quantitative estimate of drug-likeness (QED) is 0.926. The van der Waals surface area contributed by atoms with Gasteiger partial charge in [0.1, 0.15) is 0 Å². The zero-order valence-corrected chi connectivity index (χ0v) is 12.8. The van der Waals surface area contributed by atoms with E-state index in [9.17, 15) is 0 Å². The molecule has 1 N–H and O–H groups in total. The van der Waals surface area contributed by atoms with Gasteiger partial charge in [-0.15, -0.1) is 0 Å². The highest BCUT2D eigenvalue weighted by molar-refractivity contribution is 6.31. The molecular weight excluding hydrogens is 272 g/mol. The number of morpholine rings is 1. The van der Waals surface area contributed by atoms with Gasteiger partial charge in [0.15, 0.2) is 0 Å². The molecule has 0 amide bonds. The number of nitrogens with zero attached hydrogens (tertiary/aromatic N) is 1. The van der Waals surface area contributed by atoms with E-state index in [1.54, 1.807) is 0 Å². The second-order valence-electron chi connectivity index (χ2n) is 5.72. The summed E-state index contributed by atoms with van der Waals surface area (Å²) in [6, 6.07) is 6.77. The molecule has 20 heavy (non-hydrogen) atoms. The van der Waals surface area contributed by atoms with Crippen molar-refractivity contribution in [2.24, 2.45) is 0 Å². The lowest BCUT2D eigenvalue weighted by molar-refractivity contribution is -0.00873. The molecule has 0 bridgehead atoms. The van der Waals surface area contributed by atoms with Crippen LogP contribution >= 0.6 is 11.6 Å². The SMILES string of the molecule is CNCc1c(Cl)cccc1N1CCOC2CCCCC21. The van der Waals surface area contributed by atoms with E-state index in [2.05, 4.69) is 22.3 Å². The van der Waals surface area contributed by atoms with Crippen molar-refractivity contribution in [1.29, 1.82) is 0 Å². The van der Waals surface area contributed by atoms with Crippen LogP contribution in [0.3, 0.4) is 0 Å². The van der Waals surface area contributed by atoms with Crippen molar-refractivity contribution in [3.63, 3.8) is 0 Å². The molecule has 110 valence electrons. The van der Waals surface area contributed by atoms with E-state index in [-0.39, 0.29) is 0 Å². The summed E-state index contributed by atoms with van der Waals surface area (Å²) in [5.74, 6) is 0. The second-order valence-corrected chi connectivity index (χ2v) is 6.13. The van der Waals surface area contributed by atoms with Gasteiger partial charge in [0.25, 0.3) is 0 Å². The number of benzene rings is 1. The van der Waals surface area contributed by atoms with E-state index >= 15 is 0 Å². The minimum Gasteiger partial charge on any atom is -0.374 e. The van der Waals surface area contributed by atoms with Crippen LogP contribution in [0.1, 0.15) is 31.2 Å². The Kier molecular flexibility index (Phi) is 4.49. The fourth-order valence-electron chi connectivity index (χ4n) is 3.56. The molecule has 1 saturated heterocycles. The van der Waals surface area contributed by atoms with Gasteiger partial charge >= 0.3 is 0 Å². The van der Waals surface area contributed by atoms with Crippen LogP contribution in [0.5, 0.6) is 0 Å². The largest absolute Gasteiger partial charge is 0.374 e. The van der Waals surface area contributed by atoms with Crippen LogP contribution in [0.2, 0.25) is 5.02 Å². The first kappa shape index (κ1) is 14.2. The molecule has 1 saturated carbocycles. The van der Waals surface area contributed by atoms with Crippen LogP contribution in [-0.4, -0.2) is 32.3 Å². The van der Waals surface area contributed by atoms with Crippen LogP contribution in [0.4, 0.5) is 5.69 Å².